The number of aromatic nitrogens is 2. The first-order valence-corrected chi connectivity index (χ1v) is 6.80. The van der Waals surface area contributed by atoms with E-state index in [2.05, 4.69) is 4.98 Å². The van der Waals surface area contributed by atoms with Crippen LogP contribution in [0, 0.1) is 10.1 Å². The third kappa shape index (κ3) is 2.80. The maximum atomic E-state index is 10.9. The van der Waals surface area contributed by atoms with Gasteiger partial charge in [0.25, 0.3) is 0 Å². The van der Waals surface area contributed by atoms with E-state index in [-0.39, 0.29) is 28.4 Å². The van der Waals surface area contributed by atoms with Gasteiger partial charge in [-0.3, -0.25) is 0 Å². The predicted molar refractivity (Wildman–Crippen MR) is 80.7 cm³/mol. The van der Waals surface area contributed by atoms with Gasteiger partial charge >= 0.3 is 5.82 Å². The molecule has 1 heterocycles. The predicted octanol–water partition coefficient (Wildman–Crippen LogP) is 2.41. The monoisotopic (exact) mass is 305 g/mol. The minimum atomic E-state index is -1.25. The van der Waals surface area contributed by atoms with Gasteiger partial charge in [-0.15, -0.1) is 0 Å². The molecule has 0 aliphatic carbocycles. The lowest BCUT2D eigenvalue weighted by atomic mass is 9.85. The zero-order chi connectivity index (χ0) is 16.7. The molecule has 0 radical (unpaired) electrons. The SMILES string of the molecule is Cn1c([N+](=O)[O-])cnc1C(O)c1cc(C(C)(C)C)ccc1O. The Hall–Kier alpha value is -2.41. The summed E-state index contributed by atoms with van der Waals surface area (Å²) in [6.45, 7) is 6.05. The molecule has 118 valence electrons. The van der Waals surface area contributed by atoms with Crippen molar-refractivity contribution in [1.29, 1.82) is 0 Å². The molecule has 7 nitrogen and oxygen atoms in total. The zero-order valence-corrected chi connectivity index (χ0v) is 12.9. The highest BCUT2D eigenvalue weighted by Gasteiger charge is 2.27. The number of imidazole rings is 1. The first kappa shape index (κ1) is 16.0. The Bertz CT molecular complexity index is 716. The molecule has 2 aromatic rings. The van der Waals surface area contributed by atoms with E-state index in [0.717, 1.165) is 11.8 Å². The van der Waals surface area contributed by atoms with Crippen LogP contribution in [0.15, 0.2) is 24.4 Å². The zero-order valence-electron chi connectivity index (χ0n) is 12.9. The van der Waals surface area contributed by atoms with E-state index in [1.165, 1.54) is 17.7 Å². The number of nitro groups is 1. The van der Waals surface area contributed by atoms with Gasteiger partial charge in [0, 0.05) is 5.56 Å². The number of rotatable bonds is 3. The lowest BCUT2D eigenvalue weighted by molar-refractivity contribution is -0.391. The molecule has 0 saturated carbocycles. The molecule has 22 heavy (non-hydrogen) atoms. The summed E-state index contributed by atoms with van der Waals surface area (Å²) in [5, 5.41) is 31.3. The van der Waals surface area contributed by atoms with Gasteiger partial charge < -0.3 is 20.3 Å². The number of aromatic hydroxyl groups is 1. The molecule has 0 bridgehead atoms. The molecular weight excluding hydrogens is 286 g/mol. The molecule has 1 aromatic carbocycles. The van der Waals surface area contributed by atoms with Crippen molar-refractivity contribution in [2.24, 2.45) is 7.05 Å². The summed E-state index contributed by atoms with van der Waals surface area (Å²) >= 11 is 0. The summed E-state index contributed by atoms with van der Waals surface area (Å²) in [4.78, 5) is 14.2. The molecule has 1 atom stereocenters. The summed E-state index contributed by atoms with van der Waals surface area (Å²) in [6, 6.07) is 4.99. The Kier molecular flexibility index (Phi) is 3.93. The number of phenols is 1. The molecular formula is C15H19N3O4. The number of aliphatic hydroxyl groups excluding tert-OH is 1. The molecule has 2 rings (SSSR count). The van der Waals surface area contributed by atoms with Gasteiger partial charge in [-0.2, -0.15) is 0 Å². The van der Waals surface area contributed by atoms with E-state index in [1.54, 1.807) is 12.1 Å². The van der Waals surface area contributed by atoms with Crippen molar-refractivity contribution < 1.29 is 15.1 Å². The van der Waals surface area contributed by atoms with Gasteiger partial charge in [-0.05, 0) is 28.0 Å². The summed E-state index contributed by atoms with van der Waals surface area (Å²) < 4.78 is 1.20. The highest BCUT2D eigenvalue weighted by atomic mass is 16.6. The van der Waals surface area contributed by atoms with Crippen LogP contribution < -0.4 is 0 Å². The normalized spacial score (nSPS) is 13.1. The Labute approximate surface area is 128 Å². The van der Waals surface area contributed by atoms with E-state index in [9.17, 15) is 20.3 Å². The quantitative estimate of drug-likeness (QED) is 0.669. The first-order chi connectivity index (χ1) is 10.1. The lowest BCUT2D eigenvalue weighted by Crippen LogP contribution is -2.13. The summed E-state index contributed by atoms with van der Waals surface area (Å²) in [5.74, 6) is -0.195. The number of phenolic OH excluding ortho intramolecular Hbond substituents is 1. The second-order valence-electron chi connectivity index (χ2n) is 6.22. The molecule has 0 aliphatic heterocycles. The van der Waals surface area contributed by atoms with Crippen molar-refractivity contribution in [3.63, 3.8) is 0 Å². The number of nitrogens with zero attached hydrogens (tertiary/aromatic N) is 3. The van der Waals surface area contributed by atoms with Crippen LogP contribution in [0.1, 0.15) is 43.8 Å². The van der Waals surface area contributed by atoms with E-state index < -0.39 is 11.0 Å². The highest BCUT2D eigenvalue weighted by Crippen LogP contribution is 2.34. The van der Waals surface area contributed by atoms with Crippen molar-refractivity contribution in [2.75, 3.05) is 0 Å². The number of benzene rings is 1. The fourth-order valence-electron chi connectivity index (χ4n) is 2.22. The minimum absolute atomic E-state index is 0.0776. The van der Waals surface area contributed by atoms with Gasteiger partial charge in [0.05, 0.1) is 7.05 Å². The summed E-state index contributed by atoms with van der Waals surface area (Å²) in [7, 11) is 1.45. The Morgan fingerprint density at radius 3 is 2.50 bits per heavy atom. The van der Waals surface area contributed by atoms with Crippen LogP contribution >= 0.6 is 0 Å². The number of aliphatic hydroxyl groups is 1. The standard InChI is InChI=1S/C15H19N3O4/c1-15(2,3)9-5-6-11(19)10(7-9)13(20)14-16-8-12(17(14)4)18(21)22/h5-8,13,19-20H,1-4H3. The van der Waals surface area contributed by atoms with Crippen LogP contribution in [0.4, 0.5) is 5.82 Å². The van der Waals surface area contributed by atoms with Gasteiger partial charge in [0.15, 0.2) is 6.10 Å². The maximum Gasteiger partial charge on any atom is 0.342 e. The Morgan fingerprint density at radius 1 is 1.36 bits per heavy atom. The van der Waals surface area contributed by atoms with Crippen LogP contribution in [0.3, 0.4) is 0 Å². The van der Waals surface area contributed by atoms with Crippen LogP contribution in [0.5, 0.6) is 5.75 Å². The third-order valence-corrected chi connectivity index (χ3v) is 3.62. The van der Waals surface area contributed by atoms with Gasteiger partial charge in [-0.1, -0.05) is 26.8 Å². The van der Waals surface area contributed by atoms with Crippen LogP contribution in [0.2, 0.25) is 0 Å². The molecule has 0 aliphatic rings. The molecule has 1 unspecified atom stereocenters. The summed E-state index contributed by atoms with van der Waals surface area (Å²) in [6.07, 6.45) is -0.163. The lowest BCUT2D eigenvalue weighted by Gasteiger charge is -2.21. The first-order valence-electron chi connectivity index (χ1n) is 6.80. The highest BCUT2D eigenvalue weighted by molar-refractivity contribution is 5.42. The fourth-order valence-corrected chi connectivity index (χ4v) is 2.22. The second kappa shape index (κ2) is 5.42. The van der Waals surface area contributed by atoms with Gasteiger partial charge in [0.2, 0.25) is 5.82 Å². The van der Waals surface area contributed by atoms with E-state index in [0.29, 0.717) is 0 Å². The largest absolute Gasteiger partial charge is 0.508 e. The van der Waals surface area contributed by atoms with Crippen molar-refractivity contribution >= 4 is 5.82 Å². The molecule has 7 heteroatoms. The van der Waals surface area contributed by atoms with Crippen LogP contribution in [-0.2, 0) is 12.5 Å². The smallest absolute Gasteiger partial charge is 0.342 e. The minimum Gasteiger partial charge on any atom is -0.508 e. The van der Waals surface area contributed by atoms with E-state index in [1.807, 2.05) is 20.8 Å². The molecule has 0 saturated heterocycles. The fraction of sp³-hybridized carbons (Fsp3) is 0.400. The van der Waals surface area contributed by atoms with Crippen LogP contribution in [-0.4, -0.2) is 24.7 Å². The maximum absolute atomic E-state index is 10.9. The molecule has 1 aromatic heterocycles. The molecule has 0 fully saturated rings. The van der Waals surface area contributed by atoms with Crippen molar-refractivity contribution in [3.8, 4) is 5.75 Å². The van der Waals surface area contributed by atoms with Crippen molar-refractivity contribution in [1.82, 2.24) is 9.55 Å². The van der Waals surface area contributed by atoms with Crippen molar-refractivity contribution in [3.05, 3.63) is 51.5 Å². The van der Waals surface area contributed by atoms with E-state index >= 15 is 0 Å². The van der Waals surface area contributed by atoms with Gasteiger partial charge in [0.1, 0.15) is 11.9 Å². The third-order valence-electron chi connectivity index (χ3n) is 3.62. The van der Waals surface area contributed by atoms with Crippen LogP contribution in [0.25, 0.3) is 0 Å². The number of hydrogen-bond acceptors (Lipinski definition) is 5. The second-order valence-corrected chi connectivity index (χ2v) is 6.22. The molecule has 0 amide bonds. The van der Waals surface area contributed by atoms with Crippen molar-refractivity contribution in [2.45, 2.75) is 32.3 Å². The van der Waals surface area contributed by atoms with Gasteiger partial charge in [-0.25, -0.2) is 9.55 Å². The topological polar surface area (TPSA) is 101 Å². The average molecular weight is 305 g/mol. The molecule has 0 spiro atoms. The van der Waals surface area contributed by atoms with E-state index in [4.69, 9.17) is 0 Å². The number of hydrogen-bond donors (Lipinski definition) is 2. The molecule has 2 N–H and O–H groups in total. The average Bonchev–Trinajstić information content (AvgIpc) is 2.79. The Balaban J connectivity index is 2.50. The Morgan fingerprint density at radius 2 is 2.00 bits per heavy atom. The summed E-state index contributed by atoms with van der Waals surface area (Å²) in [5.41, 5.74) is 1.05.